The summed E-state index contributed by atoms with van der Waals surface area (Å²) in [6.45, 7) is 4.96. The van der Waals surface area contributed by atoms with Gasteiger partial charge in [-0.1, -0.05) is 17.7 Å². The van der Waals surface area contributed by atoms with Crippen molar-refractivity contribution in [3.8, 4) is 0 Å². The van der Waals surface area contributed by atoms with Crippen molar-refractivity contribution >= 4 is 35.1 Å². The zero-order valence-corrected chi connectivity index (χ0v) is 16.2. The maximum absolute atomic E-state index is 12.6. The number of anilines is 1. The van der Waals surface area contributed by atoms with Crippen LogP contribution in [0.25, 0.3) is 0 Å². The third-order valence-electron chi connectivity index (χ3n) is 4.06. The van der Waals surface area contributed by atoms with Gasteiger partial charge >= 0.3 is 5.97 Å². The second-order valence-electron chi connectivity index (χ2n) is 5.70. The van der Waals surface area contributed by atoms with E-state index in [0.29, 0.717) is 24.2 Å². The zero-order valence-electron chi connectivity index (χ0n) is 15.4. The number of amides is 2. The lowest BCUT2D eigenvalue weighted by atomic mass is 10.1. The summed E-state index contributed by atoms with van der Waals surface area (Å²) in [5.41, 5.74) is 1.29. The van der Waals surface area contributed by atoms with Gasteiger partial charge in [0.25, 0.3) is 11.8 Å². The van der Waals surface area contributed by atoms with Gasteiger partial charge in [0.15, 0.2) is 0 Å². The number of carbonyl (C=O) groups is 3. The molecule has 0 atom stereocenters. The molecule has 0 aliphatic carbocycles. The molecule has 27 heavy (non-hydrogen) atoms. The average Bonchev–Trinajstić information content (AvgIpc) is 2.69. The van der Waals surface area contributed by atoms with Crippen molar-refractivity contribution in [3.63, 3.8) is 0 Å². The van der Waals surface area contributed by atoms with Crippen LogP contribution in [0, 0.1) is 0 Å². The molecule has 0 fully saturated rings. The van der Waals surface area contributed by atoms with Gasteiger partial charge in [-0.2, -0.15) is 0 Å². The zero-order chi connectivity index (χ0) is 20.0. The summed E-state index contributed by atoms with van der Waals surface area (Å²) in [5, 5.41) is 2.95. The summed E-state index contributed by atoms with van der Waals surface area (Å²) in [5.74, 6) is -1.11. The first-order chi connectivity index (χ1) is 12.9. The van der Waals surface area contributed by atoms with Crippen LogP contribution in [-0.4, -0.2) is 42.9 Å². The Morgan fingerprint density at radius 2 is 1.67 bits per heavy atom. The van der Waals surface area contributed by atoms with Gasteiger partial charge in [0.1, 0.15) is 0 Å². The van der Waals surface area contributed by atoms with Crippen molar-refractivity contribution in [2.45, 2.75) is 13.8 Å². The highest BCUT2D eigenvalue weighted by Gasteiger charge is 2.16. The number of hydrogen-bond donors (Lipinski definition) is 1. The molecule has 142 valence electrons. The lowest BCUT2D eigenvalue weighted by molar-refractivity contribution is 0.0600. The van der Waals surface area contributed by atoms with Crippen molar-refractivity contribution in [3.05, 3.63) is 64.2 Å². The van der Waals surface area contributed by atoms with Crippen LogP contribution < -0.4 is 5.32 Å². The van der Waals surface area contributed by atoms with Gasteiger partial charge in [-0.25, -0.2) is 4.79 Å². The van der Waals surface area contributed by atoms with Crippen LogP contribution in [0.2, 0.25) is 5.02 Å². The number of carbonyl (C=O) groups excluding carboxylic acids is 3. The van der Waals surface area contributed by atoms with Gasteiger partial charge < -0.3 is 15.0 Å². The van der Waals surface area contributed by atoms with Gasteiger partial charge in [-0.15, -0.1) is 0 Å². The fourth-order valence-corrected chi connectivity index (χ4v) is 2.71. The Morgan fingerprint density at radius 1 is 1.00 bits per heavy atom. The molecular weight excluding hydrogens is 368 g/mol. The molecule has 2 aromatic carbocycles. The van der Waals surface area contributed by atoms with E-state index in [1.54, 1.807) is 23.1 Å². The number of methoxy groups -OCH3 is 1. The minimum Gasteiger partial charge on any atom is -0.465 e. The van der Waals surface area contributed by atoms with Crippen molar-refractivity contribution < 1.29 is 19.1 Å². The first kappa shape index (κ1) is 20.5. The number of nitrogens with zero attached hydrogens (tertiary/aromatic N) is 1. The molecule has 1 N–H and O–H groups in total. The topological polar surface area (TPSA) is 75.7 Å². The minimum absolute atomic E-state index is 0.139. The second kappa shape index (κ2) is 9.19. The van der Waals surface area contributed by atoms with E-state index < -0.39 is 11.9 Å². The summed E-state index contributed by atoms with van der Waals surface area (Å²) < 4.78 is 4.67. The number of esters is 1. The maximum atomic E-state index is 12.6. The second-order valence-corrected chi connectivity index (χ2v) is 6.11. The number of ether oxygens (including phenoxy) is 1. The molecule has 0 aliphatic heterocycles. The highest BCUT2D eigenvalue weighted by atomic mass is 35.5. The predicted molar refractivity (Wildman–Crippen MR) is 104 cm³/mol. The van der Waals surface area contributed by atoms with Crippen LogP contribution in [-0.2, 0) is 4.74 Å². The number of nitrogens with one attached hydrogen (secondary N) is 1. The number of halogens is 1. The summed E-state index contributed by atoms with van der Waals surface area (Å²) in [6.07, 6.45) is 0. The largest absolute Gasteiger partial charge is 0.465 e. The lowest BCUT2D eigenvalue weighted by Crippen LogP contribution is -2.30. The van der Waals surface area contributed by atoms with E-state index in [0.717, 1.165) is 0 Å². The Hall–Kier alpha value is -2.86. The fourth-order valence-electron chi connectivity index (χ4n) is 2.55. The minimum atomic E-state index is -0.533. The lowest BCUT2D eigenvalue weighted by Gasteiger charge is -2.18. The molecule has 0 bridgehead atoms. The monoisotopic (exact) mass is 388 g/mol. The summed E-state index contributed by atoms with van der Waals surface area (Å²) >= 11 is 6.11. The van der Waals surface area contributed by atoms with Crippen LogP contribution in [0.15, 0.2) is 42.5 Å². The van der Waals surface area contributed by atoms with Gasteiger partial charge in [-0.05, 0) is 50.2 Å². The third kappa shape index (κ3) is 4.86. The standard InChI is InChI=1S/C20H21ClN2O4/c1-4-23(5-2)19(25)14-8-6-7-13(11-14)18(24)22-17-12-15(20(26)27-3)9-10-16(17)21/h6-12H,4-5H2,1-3H3,(H,22,24). The number of benzene rings is 2. The first-order valence-corrected chi connectivity index (χ1v) is 8.87. The molecule has 6 nitrogen and oxygen atoms in total. The molecule has 0 aromatic heterocycles. The molecule has 0 heterocycles. The van der Waals surface area contributed by atoms with Crippen molar-refractivity contribution in [2.24, 2.45) is 0 Å². The number of hydrogen-bond acceptors (Lipinski definition) is 4. The Bertz CT molecular complexity index is 863. The van der Waals surface area contributed by atoms with Gasteiger partial charge in [0.2, 0.25) is 0 Å². The Morgan fingerprint density at radius 3 is 2.30 bits per heavy atom. The highest BCUT2D eigenvalue weighted by Crippen LogP contribution is 2.24. The smallest absolute Gasteiger partial charge is 0.337 e. The van der Waals surface area contributed by atoms with E-state index in [-0.39, 0.29) is 22.2 Å². The van der Waals surface area contributed by atoms with Gasteiger partial charge in [0, 0.05) is 24.2 Å². The number of rotatable bonds is 6. The Kier molecular flexibility index (Phi) is 6.96. The average molecular weight is 389 g/mol. The van der Waals surface area contributed by atoms with Crippen molar-refractivity contribution in [2.75, 3.05) is 25.5 Å². The molecule has 0 aliphatic rings. The Labute approximate surface area is 163 Å². The first-order valence-electron chi connectivity index (χ1n) is 8.49. The van der Waals surface area contributed by atoms with E-state index >= 15 is 0 Å². The summed E-state index contributed by atoms with van der Waals surface area (Å²) in [7, 11) is 1.27. The summed E-state index contributed by atoms with van der Waals surface area (Å²) in [6, 6.07) is 10.9. The molecule has 0 unspecified atom stereocenters. The van der Waals surface area contributed by atoms with Crippen molar-refractivity contribution in [1.82, 2.24) is 4.90 Å². The van der Waals surface area contributed by atoms with Crippen LogP contribution in [0.3, 0.4) is 0 Å². The molecule has 2 aromatic rings. The molecule has 0 saturated heterocycles. The van der Waals surface area contributed by atoms with E-state index in [1.807, 2.05) is 13.8 Å². The Balaban J connectivity index is 2.25. The van der Waals surface area contributed by atoms with Gasteiger partial charge in [-0.3, -0.25) is 9.59 Å². The molecular formula is C20H21ClN2O4. The van der Waals surface area contributed by atoms with Crippen LogP contribution in [0.1, 0.15) is 44.9 Å². The summed E-state index contributed by atoms with van der Waals surface area (Å²) in [4.78, 5) is 38.4. The maximum Gasteiger partial charge on any atom is 0.337 e. The SMILES string of the molecule is CCN(CC)C(=O)c1cccc(C(=O)Nc2cc(C(=O)OC)ccc2Cl)c1. The van der Waals surface area contributed by atoms with Crippen molar-refractivity contribution in [1.29, 1.82) is 0 Å². The third-order valence-corrected chi connectivity index (χ3v) is 4.39. The van der Waals surface area contributed by atoms with Crippen LogP contribution in [0.4, 0.5) is 5.69 Å². The van der Waals surface area contributed by atoms with E-state index in [9.17, 15) is 14.4 Å². The molecule has 0 radical (unpaired) electrons. The van der Waals surface area contributed by atoms with E-state index in [2.05, 4.69) is 10.1 Å². The fraction of sp³-hybridized carbons (Fsp3) is 0.250. The van der Waals surface area contributed by atoms with Gasteiger partial charge in [0.05, 0.1) is 23.4 Å². The van der Waals surface area contributed by atoms with E-state index in [1.165, 1.54) is 31.4 Å². The molecule has 2 rings (SSSR count). The van der Waals surface area contributed by atoms with Crippen LogP contribution >= 0.6 is 11.6 Å². The molecule has 2 amide bonds. The normalized spacial score (nSPS) is 10.2. The molecule has 0 spiro atoms. The molecule has 7 heteroatoms. The highest BCUT2D eigenvalue weighted by molar-refractivity contribution is 6.34. The van der Waals surface area contributed by atoms with Crippen LogP contribution in [0.5, 0.6) is 0 Å². The predicted octanol–water partition coefficient (Wildman–Crippen LogP) is 3.86. The molecule has 0 saturated carbocycles. The van der Waals surface area contributed by atoms with E-state index in [4.69, 9.17) is 11.6 Å². The quantitative estimate of drug-likeness (QED) is 0.762.